The number of fused-ring (bicyclic) bond motifs is 3. The summed E-state index contributed by atoms with van der Waals surface area (Å²) in [5.74, 6) is 0. The molecule has 0 saturated carbocycles. The average molecular weight is 385 g/mol. The molecule has 0 spiro atoms. The molecule has 0 aliphatic heterocycles. The van der Waals surface area contributed by atoms with Gasteiger partial charge in [0.15, 0.2) is 6.20 Å². The van der Waals surface area contributed by atoms with Gasteiger partial charge in [0.2, 0.25) is 5.69 Å². The van der Waals surface area contributed by atoms with Gasteiger partial charge in [-0.15, -0.1) is 0 Å². The smallest absolute Gasteiger partial charge is 0.216 e. The number of aromatic nitrogens is 1. The van der Waals surface area contributed by atoms with Crippen molar-refractivity contribution in [2.75, 3.05) is 0 Å². The molecule has 2 heteroatoms. The third-order valence-corrected chi connectivity index (χ3v) is 5.50. The molecule has 3 aromatic carbocycles. The summed E-state index contributed by atoms with van der Waals surface area (Å²) in [4.78, 5) is 0. The highest BCUT2D eigenvalue weighted by Crippen LogP contribution is 2.37. The predicted molar refractivity (Wildman–Crippen MR) is 120 cm³/mol. The van der Waals surface area contributed by atoms with E-state index in [1.807, 2.05) is 55.1 Å². The van der Waals surface area contributed by atoms with E-state index in [0.717, 1.165) is 44.3 Å². The Morgan fingerprint density at radius 1 is 0.793 bits per heavy atom. The van der Waals surface area contributed by atoms with Crippen molar-refractivity contribution in [3.05, 3.63) is 89.6 Å². The van der Waals surface area contributed by atoms with Gasteiger partial charge in [0, 0.05) is 30.6 Å². The number of nitrogens with zero attached hydrogens (tertiary/aromatic N) is 1. The Balaban J connectivity index is 1.65. The Bertz CT molecular complexity index is 1590. The van der Waals surface area contributed by atoms with Crippen molar-refractivity contribution in [1.29, 1.82) is 0 Å². The summed E-state index contributed by atoms with van der Waals surface area (Å²) in [5, 5.41) is 2.11. The van der Waals surface area contributed by atoms with E-state index in [4.69, 9.17) is 12.6 Å². The first-order chi connectivity index (χ1) is 16.4. The summed E-state index contributed by atoms with van der Waals surface area (Å²) in [5.41, 5.74) is 5.81. The minimum Gasteiger partial charge on any atom is -0.455 e. The van der Waals surface area contributed by atoms with Crippen molar-refractivity contribution in [3.8, 4) is 22.4 Å². The Morgan fingerprint density at radius 3 is 2.41 bits per heavy atom. The number of rotatable bonds is 2. The monoisotopic (exact) mass is 384 g/mol. The molecular weight excluding hydrogens is 354 g/mol. The largest absolute Gasteiger partial charge is 0.455 e. The highest BCUT2D eigenvalue weighted by atomic mass is 16.3. The van der Waals surface area contributed by atoms with Gasteiger partial charge in [0.1, 0.15) is 18.2 Å². The van der Waals surface area contributed by atoms with Crippen LogP contribution < -0.4 is 4.57 Å². The molecule has 0 radical (unpaired) electrons. The zero-order valence-corrected chi connectivity index (χ0v) is 16.3. The second kappa shape index (κ2) is 6.59. The molecule has 0 fully saturated rings. The van der Waals surface area contributed by atoms with E-state index in [9.17, 15) is 0 Å². The van der Waals surface area contributed by atoms with Crippen LogP contribution in [0, 0.1) is 20.6 Å². The van der Waals surface area contributed by atoms with Crippen LogP contribution in [0.2, 0.25) is 0 Å². The van der Waals surface area contributed by atoms with Gasteiger partial charge in [-0.25, -0.2) is 4.57 Å². The van der Waals surface area contributed by atoms with E-state index in [-0.39, 0.29) is 11.1 Å². The number of furan rings is 1. The minimum absolute atomic E-state index is 0.144. The Kier molecular flexibility index (Phi) is 2.78. The Morgan fingerprint density at radius 2 is 1.59 bits per heavy atom. The zero-order valence-electron chi connectivity index (χ0n) is 22.3. The topological polar surface area (TPSA) is 17.0 Å². The maximum Gasteiger partial charge on any atom is 0.216 e. The van der Waals surface area contributed by atoms with Crippen LogP contribution in [0.15, 0.2) is 77.3 Å². The number of para-hydroxylation sites is 1. The molecule has 2 aromatic heterocycles. The summed E-state index contributed by atoms with van der Waals surface area (Å²) >= 11 is 0. The number of hydrogen-bond donors (Lipinski definition) is 0. The van der Waals surface area contributed by atoms with Gasteiger partial charge >= 0.3 is 0 Å². The van der Waals surface area contributed by atoms with Crippen molar-refractivity contribution in [3.63, 3.8) is 0 Å². The van der Waals surface area contributed by atoms with Crippen LogP contribution in [0.3, 0.4) is 0 Å². The quantitative estimate of drug-likeness (QED) is 0.311. The number of aryl methyl sites for hydroxylation is 4. The molecule has 0 N–H and O–H groups in total. The zero-order chi connectivity index (χ0) is 25.1. The molecule has 5 rings (SSSR count). The molecule has 0 saturated heterocycles. The van der Waals surface area contributed by atoms with Crippen LogP contribution >= 0.6 is 0 Å². The lowest BCUT2D eigenvalue weighted by Gasteiger charge is -2.08. The first-order valence-corrected chi connectivity index (χ1v) is 9.51. The molecular formula is C27H24NO+. The van der Waals surface area contributed by atoms with Crippen molar-refractivity contribution in [1.82, 2.24) is 0 Å². The van der Waals surface area contributed by atoms with Gasteiger partial charge < -0.3 is 4.42 Å². The van der Waals surface area contributed by atoms with Crippen molar-refractivity contribution in [2.24, 2.45) is 7.05 Å². The molecule has 0 aliphatic rings. The van der Waals surface area contributed by atoms with Gasteiger partial charge in [-0.2, -0.15) is 0 Å². The summed E-state index contributed by atoms with van der Waals surface area (Å²) < 4.78 is 55.0. The third-order valence-electron chi connectivity index (χ3n) is 5.50. The van der Waals surface area contributed by atoms with E-state index in [0.29, 0.717) is 5.56 Å². The molecule has 2 heterocycles. The fourth-order valence-corrected chi connectivity index (χ4v) is 3.97. The summed E-state index contributed by atoms with van der Waals surface area (Å²) in [6.45, 7) is -2.98. The minimum atomic E-state index is -2.53. The average Bonchev–Trinajstić information content (AvgIpc) is 3.16. The second-order valence-corrected chi connectivity index (χ2v) is 7.41. The first-order valence-electron chi connectivity index (χ1n) is 12.5. The van der Waals surface area contributed by atoms with Gasteiger partial charge in [0.05, 0.1) is 5.56 Å². The van der Waals surface area contributed by atoms with Crippen molar-refractivity contribution >= 4 is 21.9 Å². The van der Waals surface area contributed by atoms with Crippen LogP contribution in [0.1, 0.15) is 24.9 Å². The van der Waals surface area contributed by atoms with E-state index >= 15 is 0 Å². The number of pyridine rings is 1. The lowest BCUT2D eigenvalue weighted by Crippen LogP contribution is -2.31. The normalized spacial score (nSPS) is 15.4. The Labute approximate surface area is 179 Å². The van der Waals surface area contributed by atoms with Crippen molar-refractivity contribution < 1.29 is 17.2 Å². The first kappa shape index (κ1) is 12.2. The Hall–Kier alpha value is -3.39. The highest BCUT2D eigenvalue weighted by Gasteiger charge is 2.21. The van der Waals surface area contributed by atoms with Gasteiger partial charge in [-0.1, -0.05) is 48.5 Å². The van der Waals surface area contributed by atoms with Crippen LogP contribution in [0.5, 0.6) is 0 Å². The number of hydrogen-bond acceptors (Lipinski definition) is 1. The molecule has 0 bridgehead atoms. The van der Waals surface area contributed by atoms with Gasteiger partial charge in [-0.05, 0) is 55.0 Å². The molecule has 0 aliphatic carbocycles. The maximum absolute atomic E-state index is 7.86. The molecule has 0 unspecified atom stereocenters. The molecule has 142 valence electrons. The van der Waals surface area contributed by atoms with Crippen LogP contribution in [0.4, 0.5) is 0 Å². The van der Waals surface area contributed by atoms with Crippen LogP contribution in [0.25, 0.3) is 44.3 Å². The maximum atomic E-state index is 7.86. The standard InChI is InChI=1S/C27H24NO/c1-17-9-11-20(15-19(17)3)21-12-14-24(28(4)16-21)26-18(2)10-13-23-22-7-5-6-8-25(22)29-27(23)26/h5-16H,1-4H3/q+1/i1D3,3D3. The molecule has 2 nitrogen and oxygen atoms in total. The van der Waals surface area contributed by atoms with Gasteiger partial charge in [0.25, 0.3) is 0 Å². The van der Waals surface area contributed by atoms with Crippen LogP contribution in [-0.4, -0.2) is 0 Å². The lowest BCUT2D eigenvalue weighted by molar-refractivity contribution is -0.659. The van der Waals surface area contributed by atoms with Crippen molar-refractivity contribution in [2.45, 2.75) is 20.6 Å². The summed E-state index contributed by atoms with van der Waals surface area (Å²) in [6, 6.07) is 20.6. The van der Waals surface area contributed by atoms with Gasteiger partial charge in [-0.3, -0.25) is 0 Å². The molecule has 0 atom stereocenters. The van der Waals surface area contributed by atoms with E-state index < -0.39 is 13.7 Å². The number of benzene rings is 3. The molecule has 0 amide bonds. The summed E-state index contributed by atoms with van der Waals surface area (Å²) in [6.07, 6.45) is 1.92. The highest BCUT2D eigenvalue weighted by molar-refractivity contribution is 6.09. The van der Waals surface area contributed by atoms with E-state index in [1.54, 1.807) is 6.07 Å². The fourth-order valence-electron chi connectivity index (χ4n) is 3.97. The fraction of sp³-hybridized carbons (Fsp3) is 0.148. The lowest BCUT2D eigenvalue weighted by atomic mass is 9.98. The predicted octanol–water partition coefficient (Wildman–Crippen LogP) is 6.67. The molecule has 5 aromatic rings. The molecule has 29 heavy (non-hydrogen) atoms. The van der Waals surface area contributed by atoms with E-state index in [2.05, 4.69) is 18.2 Å². The van der Waals surface area contributed by atoms with E-state index in [1.165, 1.54) is 12.1 Å². The second-order valence-electron chi connectivity index (χ2n) is 7.41. The summed E-state index contributed by atoms with van der Waals surface area (Å²) in [7, 11) is 1.93. The SMILES string of the molecule is [2H]C([2H])([2H])c1ccc(-c2ccc(-c3c(C)ccc4c3oc3ccccc34)[n+](C)c2)cc1C([2H])([2H])[2H]. The third kappa shape index (κ3) is 2.84. The van der Waals surface area contributed by atoms with Crippen LogP contribution in [-0.2, 0) is 7.05 Å².